The molecule has 1 atom stereocenters. The van der Waals surface area contributed by atoms with Crippen molar-refractivity contribution in [2.24, 2.45) is 0 Å². The molecule has 4 aromatic rings. The largest absolute Gasteiger partial charge is 0.420 e. The number of carbonyl (C=O) groups excluding carboxylic acids is 1. The number of hydrogen-bond acceptors (Lipinski definition) is 8. The van der Waals surface area contributed by atoms with Crippen LogP contribution in [0.3, 0.4) is 0 Å². The summed E-state index contributed by atoms with van der Waals surface area (Å²) < 4.78 is 12.2. The lowest BCUT2D eigenvalue weighted by Gasteiger charge is -2.55. The van der Waals surface area contributed by atoms with E-state index in [4.69, 9.17) is 68.2 Å². The molecule has 176 valence electrons. The summed E-state index contributed by atoms with van der Waals surface area (Å²) in [6.07, 6.45) is 1.53. The molecule has 1 amide bonds. The molecular weight excluding hydrogens is 515 g/mol. The fraction of sp³-hybridized carbons (Fsp3) is 0.273. The molecule has 0 spiro atoms. The second kappa shape index (κ2) is 9.54. The standard InChI is InChI=1S/C22H14B6ClN5O3S/c1-2-36-8-9-7-30-19(29)32-18(9)37-13-6-3-10-11(31-13)4-5-12-14(10)15-16(38-12)17(35)34-20(23,21(24,25)26)22(27,28)33-15/h3-7,33H,2,8H2,1H3,(H,34,35). The number of ether oxygens (including phenoxy) is 2. The van der Waals surface area contributed by atoms with Crippen LogP contribution in [0.15, 0.2) is 30.5 Å². The van der Waals surface area contributed by atoms with E-state index in [-0.39, 0.29) is 28.5 Å². The Balaban J connectivity index is 1.59. The van der Waals surface area contributed by atoms with Crippen molar-refractivity contribution in [1.82, 2.24) is 20.3 Å². The molecule has 0 bridgehead atoms. The van der Waals surface area contributed by atoms with E-state index in [2.05, 4.69) is 25.6 Å². The maximum absolute atomic E-state index is 13.2. The molecule has 12 radical (unpaired) electrons. The van der Waals surface area contributed by atoms with Gasteiger partial charge in [0.2, 0.25) is 17.0 Å². The van der Waals surface area contributed by atoms with Gasteiger partial charge in [-0.15, -0.1) is 16.4 Å². The number of hydrogen-bond donors (Lipinski definition) is 2. The average Bonchev–Trinajstić information content (AvgIpc) is 3.17. The Labute approximate surface area is 235 Å². The molecule has 0 saturated heterocycles. The summed E-state index contributed by atoms with van der Waals surface area (Å²) in [4.78, 5) is 26.2. The number of rotatable bonds is 6. The lowest BCUT2D eigenvalue weighted by atomic mass is 9.23. The maximum Gasteiger partial charge on any atom is 0.263 e. The highest BCUT2D eigenvalue weighted by Crippen LogP contribution is 2.46. The van der Waals surface area contributed by atoms with Gasteiger partial charge < -0.3 is 20.1 Å². The minimum Gasteiger partial charge on any atom is -0.420 e. The third kappa shape index (κ3) is 4.48. The quantitative estimate of drug-likeness (QED) is 0.291. The molecule has 16 heteroatoms. The van der Waals surface area contributed by atoms with E-state index in [0.717, 1.165) is 4.70 Å². The number of fused-ring (bicyclic) bond motifs is 5. The summed E-state index contributed by atoms with van der Waals surface area (Å²) in [6.45, 7) is 2.62. The SMILES string of the molecule is [B]C([B])([B])C1([B])NC(=O)c2sc3ccc4nc(Oc5nc(Cl)ncc5COCC)ccc4c3c2NC1([B])[B]. The number of anilines is 1. The third-order valence-corrected chi connectivity index (χ3v) is 7.48. The Bertz CT molecular complexity index is 1580. The molecule has 8 nitrogen and oxygen atoms in total. The van der Waals surface area contributed by atoms with Crippen LogP contribution in [0.25, 0.3) is 21.0 Å². The smallest absolute Gasteiger partial charge is 0.263 e. The molecule has 4 heterocycles. The van der Waals surface area contributed by atoms with Gasteiger partial charge in [0, 0.05) is 34.3 Å². The monoisotopic (exact) mass is 529 g/mol. The summed E-state index contributed by atoms with van der Waals surface area (Å²) in [7, 11) is 36.5. The molecule has 1 aliphatic heterocycles. The maximum atomic E-state index is 13.2. The van der Waals surface area contributed by atoms with Crippen LogP contribution in [-0.2, 0) is 11.3 Å². The number of amides is 1. The highest BCUT2D eigenvalue weighted by Gasteiger charge is 2.50. The topological polar surface area (TPSA) is 98.3 Å². The van der Waals surface area contributed by atoms with Crippen molar-refractivity contribution in [3.63, 3.8) is 0 Å². The van der Waals surface area contributed by atoms with E-state index in [1.165, 1.54) is 17.5 Å². The number of pyridine rings is 1. The molecule has 1 unspecified atom stereocenters. The fourth-order valence-corrected chi connectivity index (χ4v) is 5.29. The molecule has 38 heavy (non-hydrogen) atoms. The first kappa shape index (κ1) is 27.0. The van der Waals surface area contributed by atoms with Gasteiger partial charge in [-0.2, -0.15) is 4.98 Å². The van der Waals surface area contributed by atoms with Crippen molar-refractivity contribution < 1.29 is 14.3 Å². The minimum atomic E-state index is -2.16. The van der Waals surface area contributed by atoms with Crippen molar-refractivity contribution in [2.45, 2.75) is 29.4 Å². The zero-order valence-corrected chi connectivity index (χ0v) is 21.7. The van der Waals surface area contributed by atoms with Crippen molar-refractivity contribution >= 4 is 103 Å². The van der Waals surface area contributed by atoms with Crippen molar-refractivity contribution in [3.05, 3.63) is 46.2 Å². The Morgan fingerprint density at radius 2 is 1.87 bits per heavy atom. The van der Waals surface area contributed by atoms with Crippen molar-refractivity contribution in [3.8, 4) is 11.8 Å². The van der Waals surface area contributed by atoms with E-state index >= 15 is 0 Å². The number of carbonyl (C=O) groups is 1. The van der Waals surface area contributed by atoms with Gasteiger partial charge in [0.1, 0.15) is 12.7 Å². The van der Waals surface area contributed by atoms with Crippen LogP contribution < -0.4 is 15.4 Å². The van der Waals surface area contributed by atoms with Gasteiger partial charge in [0.25, 0.3) is 5.91 Å². The lowest BCUT2D eigenvalue weighted by molar-refractivity contribution is 0.0932. The number of benzene rings is 1. The summed E-state index contributed by atoms with van der Waals surface area (Å²) in [5.41, 5.74) is -0.621. The molecule has 3 aromatic heterocycles. The molecule has 2 N–H and O–H groups in total. The van der Waals surface area contributed by atoms with Crippen LogP contribution in [0.4, 0.5) is 5.69 Å². The van der Waals surface area contributed by atoms with Crippen LogP contribution >= 0.6 is 22.9 Å². The summed E-state index contributed by atoms with van der Waals surface area (Å²) in [5, 5.41) is 2.59. The van der Waals surface area contributed by atoms with Gasteiger partial charge >= 0.3 is 0 Å². The predicted octanol–water partition coefficient (Wildman–Crippen LogP) is 1.81. The van der Waals surface area contributed by atoms with Crippen molar-refractivity contribution in [2.75, 3.05) is 11.9 Å². The Kier molecular flexibility index (Phi) is 6.77. The van der Waals surface area contributed by atoms with E-state index < -0.39 is 21.8 Å². The number of thiophene rings is 1. The zero-order valence-electron chi connectivity index (χ0n) is 20.1. The number of nitrogens with one attached hydrogen (secondary N) is 2. The Morgan fingerprint density at radius 3 is 2.58 bits per heavy atom. The molecule has 1 aliphatic rings. The first-order chi connectivity index (χ1) is 17.8. The van der Waals surface area contributed by atoms with Gasteiger partial charge in [-0.3, -0.25) is 4.79 Å². The second-order valence-electron chi connectivity index (χ2n) is 8.86. The van der Waals surface area contributed by atoms with Gasteiger partial charge in [0.15, 0.2) is 0 Å². The molecule has 1 aromatic carbocycles. The van der Waals surface area contributed by atoms with Crippen LogP contribution in [0, 0.1) is 0 Å². The number of halogens is 1. The normalized spacial score (nSPS) is 18.9. The van der Waals surface area contributed by atoms with Crippen molar-refractivity contribution in [1.29, 1.82) is 0 Å². The minimum absolute atomic E-state index is 0.0209. The van der Waals surface area contributed by atoms with Gasteiger partial charge in [-0.25, -0.2) is 9.97 Å². The van der Waals surface area contributed by atoms with Gasteiger partial charge in [0.05, 0.1) is 62.6 Å². The summed E-state index contributed by atoms with van der Waals surface area (Å²) in [5.74, 6) is -0.120. The van der Waals surface area contributed by atoms with Crippen LogP contribution in [-0.4, -0.2) is 85.3 Å². The Hall–Kier alpha value is -2.62. The first-order valence-corrected chi connectivity index (χ1v) is 12.5. The van der Waals surface area contributed by atoms with E-state index in [9.17, 15) is 4.79 Å². The van der Waals surface area contributed by atoms with E-state index in [1.807, 2.05) is 13.0 Å². The fourth-order valence-electron chi connectivity index (χ4n) is 4.10. The van der Waals surface area contributed by atoms with E-state index in [1.54, 1.807) is 18.2 Å². The summed E-state index contributed by atoms with van der Waals surface area (Å²) in [6, 6.07) is 7.04. The van der Waals surface area contributed by atoms with Crippen LogP contribution in [0.5, 0.6) is 11.8 Å². The van der Waals surface area contributed by atoms with E-state index in [0.29, 0.717) is 34.1 Å². The third-order valence-electron chi connectivity index (χ3n) is 6.14. The average molecular weight is 529 g/mol. The molecule has 5 rings (SSSR count). The highest BCUT2D eigenvalue weighted by molar-refractivity contribution is 7.21. The van der Waals surface area contributed by atoms with Gasteiger partial charge in [-0.1, -0.05) is 0 Å². The summed E-state index contributed by atoms with van der Waals surface area (Å²) >= 11 is 7.17. The molecule has 0 aliphatic carbocycles. The lowest BCUT2D eigenvalue weighted by Crippen LogP contribution is -2.74. The highest BCUT2D eigenvalue weighted by atomic mass is 35.5. The predicted molar refractivity (Wildman–Crippen MR) is 153 cm³/mol. The molecular formula is C22H14B6ClN5O3S. The molecule has 0 saturated carbocycles. The Morgan fingerprint density at radius 1 is 1.11 bits per heavy atom. The van der Waals surface area contributed by atoms with Crippen LogP contribution in [0.1, 0.15) is 22.2 Å². The second-order valence-corrected chi connectivity index (χ2v) is 10.2. The zero-order chi connectivity index (χ0) is 27.5. The van der Waals surface area contributed by atoms with Gasteiger partial charge in [-0.05, 0) is 47.5 Å². The van der Waals surface area contributed by atoms with Crippen LogP contribution in [0.2, 0.25) is 10.4 Å². The molecule has 0 fully saturated rings. The number of aromatic nitrogens is 3. The first-order valence-electron chi connectivity index (χ1n) is 11.3. The number of nitrogens with zero attached hydrogens (tertiary/aromatic N) is 3.